The first kappa shape index (κ1) is 12.4. The Hall–Kier alpha value is -1.10. The molecule has 1 atom stereocenters. The van der Waals surface area contributed by atoms with Gasteiger partial charge in [-0.25, -0.2) is 0 Å². The third-order valence-corrected chi connectivity index (χ3v) is 3.37. The van der Waals surface area contributed by atoms with Crippen molar-refractivity contribution in [3.8, 4) is 0 Å². The Bertz CT molecular complexity index is 337. The summed E-state index contributed by atoms with van der Waals surface area (Å²) in [5.74, 6) is -0.288. The number of hydrogen-bond acceptors (Lipinski definition) is 3. The highest BCUT2D eigenvalue weighted by Gasteiger charge is 2.42. The molecule has 2 aliphatic rings. The summed E-state index contributed by atoms with van der Waals surface area (Å²) in [6, 6.07) is 0.381. The van der Waals surface area contributed by atoms with Crippen molar-refractivity contribution in [2.45, 2.75) is 44.7 Å². The molecule has 1 aliphatic carbocycles. The second-order valence-corrected chi connectivity index (χ2v) is 5.71. The standard InChI is InChI=1S/C12H20N2O3/c1-12(2,7-15)13-11(17)8-5-10(16)14(6-8)9-3-4-9/h8-9,15H,3-7H2,1-2H3,(H,13,17). The molecule has 2 amide bonds. The van der Waals surface area contributed by atoms with Gasteiger partial charge in [-0.1, -0.05) is 0 Å². The molecule has 5 heteroatoms. The van der Waals surface area contributed by atoms with E-state index in [1.807, 2.05) is 4.90 Å². The Morgan fingerprint density at radius 1 is 1.53 bits per heavy atom. The molecule has 1 aliphatic heterocycles. The molecule has 2 rings (SSSR count). The summed E-state index contributed by atoms with van der Waals surface area (Å²) >= 11 is 0. The molecule has 0 spiro atoms. The van der Waals surface area contributed by atoms with E-state index in [2.05, 4.69) is 5.32 Å². The van der Waals surface area contributed by atoms with Crippen molar-refractivity contribution >= 4 is 11.8 Å². The first-order valence-corrected chi connectivity index (χ1v) is 6.15. The number of carbonyl (C=O) groups excluding carboxylic acids is 2. The zero-order chi connectivity index (χ0) is 12.6. The summed E-state index contributed by atoms with van der Waals surface area (Å²) < 4.78 is 0. The molecular formula is C12H20N2O3. The minimum absolute atomic E-state index is 0.0921. The lowest BCUT2D eigenvalue weighted by Crippen LogP contribution is -2.49. The molecule has 1 saturated heterocycles. The molecule has 0 aromatic heterocycles. The van der Waals surface area contributed by atoms with Crippen molar-refractivity contribution < 1.29 is 14.7 Å². The van der Waals surface area contributed by atoms with Crippen LogP contribution in [0.4, 0.5) is 0 Å². The van der Waals surface area contributed by atoms with Crippen molar-refractivity contribution in [1.29, 1.82) is 0 Å². The summed E-state index contributed by atoms with van der Waals surface area (Å²) in [7, 11) is 0. The Kier molecular flexibility index (Phi) is 3.12. The highest BCUT2D eigenvalue weighted by molar-refractivity contribution is 5.89. The molecule has 96 valence electrons. The summed E-state index contributed by atoms with van der Waals surface area (Å²) in [4.78, 5) is 25.5. The lowest BCUT2D eigenvalue weighted by molar-refractivity contribution is -0.129. The monoisotopic (exact) mass is 240 g/mol. The maximum Gasteiger partial charge on any atom is 0.225 e. The zero-order valence-corrected chi connectivity index (χ0v) is 10.4. The summed E-state index contributed by atoms with van der Waals surface area (Å²) in [5.41, 5.74) is -0.618. The van der Waals surface area contributed by atoms with E-state index >= 15 is 0 Å². The number of hydrogen-bond donors (Lipinski definition) is 2. The van der Waals surface area contributed by atoms with Crippen LogP contribution in [0.5, 0.6) is 0 Å². The molecular weight excluding hydrogens is 220 g/mol. The average molecular weight is 240 g/mol. The Balaban J connectivity index is 1.91. The van der Waals surface area contributed by atoms with Crippen molar-refractivity contribution in [3.63, 3.8) is 0 Å². The number of aliphatic hydroxyl groups is 1. The fourth-order valence-corrected chi connectivity index (χ4v) is 2.12. The van der Waals surface area contributed by atoms with Crippen LogP contribution >= 0.6 is 0 Å². The number of amides is 2. The van der Waals surface area contributed by atoms with Gasteiger partial charge in [-0.15, -0.1) is 0 Å². The molecule has 5 nitrogen and oxygen atoms in total. The Labute approximate surface area is 101 Å². The van der Waals surface area contributed by atoms with E-state index in [1.165, 1.54) is 0 Å². The lowest BCUT2D eigenvalue weighted by atomic mass is 10.0. The van der Waals surface area contributed by atoms with Crippen LogP contribution in [0.2, 0.25) is 0 Å². The molecule has 17 heavy (non-hydrogen) atoms. The summed E-state index contributed by atoms with van der Waals surface area (Å²) in [5, 5.41) is 11.9. The van der Waals surface area contributed by atoms with Gasteiger partial charge in [-0.2, -0.15) is 0 Å². The van der Waals surface area contributed by atoms with E-state index in [0.717, 1.165) is 12.8 Å². The number of nitrogens with one attached hydrogen (secondary N) is 1. The topological polar surface area (TPSA) is 69.6 Å². The molecule has 0 bridgehead atoms. The second kappa shape index (κ2) is 4.29. The van der Waals surface area contributed by atoms with Gasteiger partial charge in [-0.05, 0) is 26.7 Å². The van der Waals surface area contributed by atoms with Gasteiger partial charge in [0, 0.05) is 19.0 Å². The molecule has 0 aromatic rings. The quantitative estimate of drug-likeness (QED) is 0.720. The second-order valence-electron chi connectivity index (χ2n) is 5.71. The van der Waals surface area contributed by atoms with Crippen molar-refractivity contribution in [3.05, 3.63) is 0 Å². The van der Waals surface area contributed by atoms with Crippen LogP contribution in [0.15, 0.2) is 0 Å². The summed E-state index contributed by atoms with van der Waals surface area (Å²) in [6.07, 6.45) is 2.45. The molecule has 1 saturated carbocycles. The molecule has 2 fully saturated rings. The van der Waals surface area contributed by atoms with Gasteiger partial charge < -0.3 is 15.3 Å². The van der Waals surface area contributed by atoms with E-state index in [0.29, 0.717) is 19.0 Å². The highest BCUT2D eigenvalue weighted by atomic mass is 16.3. The van der Waals surface area contributed by atoms with E-state index in [-0.39, 0.29) is 24.3 Å². The number of likely N-dealkylation sites (tertiary alicyclic amines) is 1. The van der Waals surface area contributed by atoms with Crippen LogP contribution in [-0.4, -0.2) is 46.6 Å². The van der Waals surface area contributed by atoms with E-state index in [4.69, 9.17) is 5.11 Å². The van der Waals surface area contributed by atoms with Crippen molar-refractivity contribution in [1.82, 2.24) is 10.2 Å². The maximum absolute atomic E-state index is 12.0. The Morgan fingerprint density at radius 3 is 2.71 bits per heavy atom. The van der Waals surface area contributed by atoms with Crippen LogP contribution in [0.1, 0.15) is 33.1 Å². The van der Waals surface area contributed by atoms with Gasteiger partial charge in [0.25, 0.3) is 0 Å². The SMILES string of the molecule is CC(C)(CO)NC(=O)C1CC(=O)N(C2CC2)C1. The fraction of sp³-hybridized carbons (Fsp3) is 0.833. The molecule has 0 aromatic carbocycles. The van der Waals surface area contributed by atoms with Crippen LogP contribution in [-0.2, 0) is 9.59 Å². The van der Waals surface area contributed by atoms with Gasteiger partial charge in [0.15, 0.2) is 0 Å². The number of aliphatic hydroxyl groups excluding tert-OH is 1. The molecule has 0 radical (unpaired) electrons. The summed E-state index contributed by atoms with van der Waals surface area (Å²) in [6.45, 7) is 3.96. The van der Waals surface area contributed by atoms with Gasteiger partial charge in [0.05, 0.1) is 18.1 Å². The normalized spacial score (nSPS) is 25.2. The highest BCUT2D eigenvalue weighted by Crippen LogP contribution is 2.32. The molecule has 1 heterocycles. The minimum Gasteiger partial charge on any atom is -0.394 e. The van der Waals surface area contributed by atoms with Crippen molar-refractivity contribution in [2.24, 2.45) is 5.92 Å². The lowest BCUT2D eigenvalue weighted by Gasteiger charge is -2.25. The number of nitrogens with zero attached hydrogens (tertiary/aromatic N) is 1. The first-order chi connectivity index (χ1) is 7.93. The average Bonchev–Trinajstić information content (AvgIpc) is 3.01. The minimum atomic E-state index is -0.618. The zero-order valence-electron chi connectivity index (χ0n) is 10.4. The predicted octanol–water partition coefficient (Wildman–Crippen LogP) is -0.116. The fourth-order valence-electron chi connectivity index (χ4n) is 2.12. The van der Waals surface area contributed by atoms with Gasteiger partial charge in [0.1, 0.15) is 0 Å². The van der Waals surface area contributed by atoms with Crippen LogP contribution < -0.4 is 5.32 Å². The van der Waals surface area contributed by atoms with E-state index in [9.17, 15) is 9.59 Å². The van der Waals surface area contributed by atoms with Crippen molar-refractivity contribution in [2.75, 3.05) is 13.2 Å². The first-order valence-electron chi connectivity index (χ1n) is 6.15. The molecule has 2 N–H and O–H groups in total. The number of rotatable bonds is 4. The van der Waals surface area contributed by atoms with Gasteiger partial charge in [-0.3, -0.25) is 9.59 Å². The number of carbonyl (C=O) groups is 2. The van der Waals surface area contributed by atoms with Crippen LogP contribution in [0.25, 0.3) is 0 Å². The largest absolute Gasteiger partial charge is 0.394 e. The maximum atomic E-state index is 12.0. The van der Waals surface area contributed by atoms with Crippen LogP contribution in [0, 0.1) is 5.92 Å². The third kappa shape index (κ3) is 2.77. The smallest absolute Gasteiger partial charge is 0.225 e. The van der Waals surface area contributed by atoms with Gasteiger partial charge in [0.2, 0.25) is 11.8 Å². The Morgan fingerprint density at radius 2 is 2.18 bits per heavy atom. The van der Waals surface area contributed by atoms with Crippen LogP contribution in [0.3, 0.4) is 0 Å². The van der Waals surface area contributed by atoms with Gasteiger partial charge >= 0.3 is 0 Å². The predicted molar refractivity (Wildman–Crippen MR) is 62.1 cm³/mol. The van der Waals surface area contributed by atoms with E-state index < -0.39 is 5.54 Å². The van der Waals surface area contributed by atoms with E-state index in [1.54, 1.807) is 13.8 Å². The molecule has 1 unspecified atom stereocenters. The third-order valence-electron chi connectivity index (χ3n) is 3.37.